The Morgan fingerprint density at radius 2 is 1.92 bits per heavy atom. The molecule has 0 bridgehead atoms. The van der Waals surface area contributed by atoms with Gasteiger partial charge in [0.25, 0.3) is 0 Å². The minimum absolute atomic E-state index is 0.0459. The number of alkyl halides is 3. The molecule has 0 unspecified atom stereocenters. The van der Waals surface area contributed by atoms with E-state index in [0.717, 1.165) is 11.8 Å². The minimum atomic E-state index is -4.70. The monoisotopic (exact) mass is 534 g/mol. The summed E-state index contributed by atoms with van der Waals surface area (Å²) in [7, 11) is -3.56. The van der Waals surface area contributed by atoms with Gasteiger partial charge in [-0.15, -0.1) is 0 Å². The molecule has 13 heteroatoms. The fraction of sp³-hybridized carbons (Fsp3) is 0.292. The van der Waals surface area contributed by atoms with Gasteiger partial charge >= 0.3 is 6.18 Å². The van der Waals surface area contributed by atoms with Gasteiger partial charge in [-0.3, -0.25) is 9.10 Å². The highest BCUT2D eigenvalue weighted by Crippen LogP contribution is 2.35. The number of nitrogens with zero attached hydrogens (tertiary/aromatic N) is 3. The summed E-state index contributed by atoms with van der Waals surface area (Å²) in [6, 6.07) is 11.2. The number of halogens is 3. The summed E-state index contributed by atoms with van der Waals surface area (Å²) >= 11 is 0. The molecule has 0 fully saturated rings. The first-order chi connectivity index (χ1) is 17.3. The largest absolute Gasteiger partial charge is 0.421 e. The van der Waals surface area contributed by atoms with Crippen LogP contribution in [0, 0.1) is 0 Å². The Kier molecular flexibility index (Phi) is 7.00. The molecule has 196 valence electrons. The van der Waals surface area contributed by atoms with Crippen LogP contribution in [0.2, 0.25) is 0 Å². The quantitative estimate of drug-likeness (QED) is 0.389. The van der Waals surface area contributed by atoms with Crippen molar-refractivity contribution in [2.45, 2.75) is 39.0 Å². The van der Waals surface area contributed by atoms with Crippen molar-refractivity contribution in [3.05, 3.63) is 65.4 Å². The first-order valence-electron chi connectivity index (χ1n) is 11.3. The van der Waals surface area contributed by atoms with E-state index in [1.54, 1.807) is 56.3 Å². The number of aromatic nitrogens is 2. The van der Waals surface area contributed by atoms with Crippen molar-refractivity contribution in [1.29, 1.82) is 0 Å². The van der Waals surface area contributed by atoms with Gasteiger partial charge < -0.3 is 16.0 Å². The predicted octanol–water partition coefficient (Wildman–Crippen LogP) is 4.52. The van der Waals surface area contributed by atoms with Crippen LogP contribution >= 0.6 is 0 Å². The molecule has 0 saturated carbocycles. The molecule has 4 rings (SSSR count). The Bertz CT molecular complexity index is 1440. The molecule has 37 heavy (non-hydrogen) atoms. The summed E-state index contributed by atoms with van der Waals surface area (Å²) in [5.74, 6) is -0.636. The third-order valence-electron chi connectivity index (χ3n) is 5.53. The second-order valence-electron chi connectivity index (χ2n) is 8.85. The molecule has 1 aliphatic heterocycles. The smallest absolute Gasteiger partial charge is 0.365 e. The van der Waals surface area contributed by atoms with Crippen molar-refractivity contribution >= 4 is 44.8 Å². The van der Waals surface area contributed by atoms with Gasteiger partial charge in [-0.1, -0.05) is 12.1 Å². The molecule has 0 aliphatic carbocycles. The fourth-order valence-corrected chi connectivity index (χ4v) is 5.34. The summed E-state index contributed by atoms with van der Waals surface area (Å²) in [6.07, 6.45) is -2.71. The molecular weight excluding hydrogens is 509 g/mol. The number of hydrogen-bond donors (Lipinski definition) is 3. The molecule has 2 aromatic carbocycles. The standard InChI is InChI=1S/C24H25F3N6O3S/c1-14(2)33(37(3,35)36)18-6-4-5-15(9-18)12-28-22-19(24(25,26)27)13-29-23(32-22)30-17-7-8-20-16(10-17)11-21(34)31-20/h4-10,13-14H,11-12H2,1-3H3,(H,31,34)(H2,28,29,30,32). The number of fused-ring (bicyclic) bond motifs is 1. The molecular formula is C24H25F3N6O3S. The Labute approximate surface area is 212 Å². The van der Waals surface area contributed by atoms with Gasteiger partial charge in [0.15, 0.2) is 0 Å². The number of rotatable bonds is 8. The number of amides is 1. The van der Waals surface area contributed by atoms with Crippen LogP contribution in [0.3, 0.4) is 0 Å². The van der Waals surface area contributed by atoms with Gasteiger partial charge in [-0.2, -0.15) is 18.2 Å². The number of sulfonamides is 1. The summed E-state index contributed by atoms with van der Waals surface area (Å²) in [5, 5.41) is 8.30. The van der Waals surface area contributed by atoms with E-state index in [4.69, 9.17) is 0 Å². The predicted molar refractivity (Wildman–Crippen MR) is 135 cm³/mol. The molecule has 0 saturated heterocycles. The average molecular weight is 535 g/mol. The number of hydrogen-bond acceptors (Lipinski definition) is 7. The summed E-state index contributed by atoms with van der Waals surface area (Å²) in [5.41, 5.74) is 1.87. The second-order valence-corrected chi connectivity index (χ2v) is 10.7. The SMILES string of the molecule is CC(C)N(c1cccc(CNc2nc(Nc3ccc4c(c3)CC(=O)N4)ncc2C(F)(F)F)c1)S(C)(=O)=O. The molecule has 0 spiro atoms. The Hall–Kier alpha value is -3.87. The van der Waals surface area contributed by atoms with Crippen LogP contribution in [0.4, 0.5) is 42.0 Å². The molecule has 2 heterocycles. The van der Waals surface area contributed by atoms with Crippen molar-refractivity contribution in [3.63, 3.8) is 0 Å². The maximum atomic E-state index is 13.7. The minimum Gasteiger partial charge on any atom is -0.365 e. The van der Waals surface area contributed by atoms with Gasteiger partial charge in [0.05, 0.1) is 18.4 Å². The zero-order chi connectivity index (χ0) is 27.0. The van der Waals surface area contributed by atoms with E-state index in [0.29, 0.717) is 28.8 Å². The van der Waals surface area contributed by atoms with Crippen LogP contribution < -0.4 is 20.3 Å². The zero-order valence-corrected chi connectivity index (χ0v) is 21.0. The van der Waals surface area contributed by atoms with E-state index < -0.39 is 27.6 Å². The highest BCUT2D eigenvalue weighted by Gasteiger charge is 2.35. The number of carbonyl (C=O) groups is 1. The Morgan fingerprint density at radius 1 is 1.16 bits per heavy atom. The first-order valence-corrected chi connectivity index (χ1v) is 13.1. The number of benzene rings is 2. The molecule has 1 aliphatic rings. The molecule has 0 atom stereocenters. The maximum Gasteiger partial charge on any atom is 0.421 e. The molecule has 1 amide bonds. The molecule has 9 nitrogen and oxygen atoms in total. The van der Waals surface area contributed by atoms with Crippen LogP contribution in [0.5, 0.6) is 0 Å². The van der Waals surface area contributed by atoms with E-state index in [-0.39, 0.29) is 30.9 Å². The van der Waals surface area contributed by atoms with E-state index in [2.05, 4.69) is 25.9 Å². The topological polar surface area (TPSA) is 116 Å². The van der Waals surface area contributed by atoms with Crippen molar-refractivity contribution in [3.8, 4) is 0 Å². The summed E-state index contributed by atoms with van der Waals surface area (Å²) in [6.45, 7) is 3.41. The van der Waals surface area contributed by atoms with Crippen molar-refractivity contribution < 1.29 is 26.4 Å². The number of nitrogens with one attached hydrogen (secondary N) is 3. The van der Waals surface area contributed by atoms with Crippen LogP contribution in [0.15, 0.2) is 48.7 Å². The lowest BCUT2D eigenvalue weighted by molar-refractivity contribution is -0.137. The van der Waals surface area contributed by atoms with Gasteiger partial charge in [-0.25, -0.2) is 13.4 Å². The molecule has 3 N–H and O–H groups in total. The third kappa shape index (κ3) is 6.10. The number of anilines is 5. The van der Waals surface area contributed by atoms with Gasteiger partial charge in [0, 0.05) is 30.2 Å². The van der Waals surface area contributed by atoms with E-state index in [1.165, 1.54) is 4.31 Å². The maximum absolute atomic E-state index is 13.7. The average Bonchev–Trinajstić information content (AvgIpc) is 3.15. The van der Waals surface area contributed by atoms with Crippen LogP contribution in [0.25, 0.3) is 0 Å². The van der Waals surface area contributed by atoms with Gasteiger partial charge in [0.2, 0.25) is 21.9 Å². The lowest BCUT2D eigenvalue weighted by Gasteiger charge is -2.26. The van der Waals surface area contributed by atoms with Crippen LogP contribution in [-0.4, -0.2) is 36.6 Å². The zero-order valence-electron chi connectivity index (χ0n) is 20.2. The fourth-order valence-electron chi connectivity index (χ4n) is 4.08. The Morgan fingerprint density at radius 3 is 2.59 bits per heavy atom. The normalized spacial score (nSPS) is 13.3. The highest BCUT2D eigenvalue weighted by atomic mass is 32.2. The van der Waals surface area contributed by atoms with Gasteiger partial charge in [-0.05, 0) is 55.3 Å². The summed E-state index contributed by atoms with van der Waals surface area (Å²) < 4.78 is 66.7. The highest BCUT2D eigenvalue weighted by molar-refractivity contribution is 7.92. The molecule has 1 aromatic heterocycles. The van der Waals surface area contributed by atoms with Gasteiger partial charge in [0.1, 0.15) is 11.4 Å². The van der Waals surface area contributed by atoms with Crippen molar-refractivity contribution in [1.82, 2.24) is 9.97 Å². The van der Waals surface area contributed by atoms with Crippen molar-refractivity contribution in [2.75, 3.05) is 26.5 Å². The second kappa shape index (κ2) is 9.88. The van der Waals surface area contributed by atoms with E-state index >= 15 is 0 Å². The summed E-state index contributed by atoms with van der Waals surface area (Å²) in [4.78, 5) is 19.4. The van der Waals surface area contributed by atoms with E-state index in [1.807, 2.05) is 0 Å². The Balaban J connectivity index is 1.58. The van der Waals surface area contributed by atoms with Crippen LogP contribution in [0.1, 0.15) is 30.5 Å². The first kappa shape index (κ1) is 26.2. The lowest BCUT2D eigenvalue weighted by atomic mass is 10.1. The van der Waals surface area contributed by atoms with Crippen molar-refractivity contribution in [2.24, 2.45) is 0 Å². The van der Waals surface area contributed by atoms with E-state index in [9.17, 15) is 26.4 Å². The lowest BCUT2D eigenvalue weighted by Crippen LogP contribution is -2.36. The third-order valence-corrected chi connectivity index (χ3v) is 6.88. The molecule has 3 aromatic rings. The number of carbonyl (C=O) groups excluding carboxylic acids is 1. The molecule has 0 radical (unpaired) electrons. The van der Waals surface area contributed by atoms with Crippen LogP contribution in [-0.2, 0) is 34.0 Å².